The molecule has 7 heteroatoms. The Morgan fingerprint density at radius 2 is 1.65 bits per heavy atom. The number of aromatic nitrogens is 2. The highest BCUT2D eigenvalue weighted by Gasteiger charge is 2.19. The number of esters is 1. The van der Waals surface area contributed by atoms with Crippen LogP contribution in [0.25, 0.3) is 16.6 Å². The summed E-state index contributed by atoms with van der Waals surface area (Å²) in [5.41, 5.74) is 2.44. The molecule has 7 nitrogen and oxygen atoms in total. The Labute approximate surface area is 197 Å². The molecule has 0 fully saturated rings. The molecule has 3 aromatic carbocycles. The molecule has 1 unspecified atom stereocenters. The molecule has 1 aromatic heterocycles. The summed E-state index contributed by atoms with van der Waals surface area (Å²) in [5.74, 6) is -0.428. The molecule has 1 amide bonds. The van der Waals surface area contributed by atoms with Crippen molar-refractivity contribution in [1.82, 2.24) is 14.9 Å². The van der Waals surface area contributed by atoms with Gasteiger partial charge in [-0.05, 0) is 62.2 Å². The van der Waals surface area contributed by atoms with Gasteiger partial charge in [-0.25, -0.2) is 9.78 Å². The van der Waals surface area contributed by atoms with E-state index in [1.54, 1.807) is 49.4 Å². The monoisotopic (exact) mass is 455 g/mol. The average molecular weight is 456 g/mol. The lowest BCUT2D eigenvalue weighted by molar-refractivity contribution is -0.129. The highest BCUT2D eigenvalue weighted by atomic mass is 16.5. The standard InChI is InChI=1S/C27H25N3O4/c1-18(25(31)28-17-16-20-8-4-3-5-9-20)34-27(33)21-12-14-22(15-13-21)30-19(2)29-24-11-7-6-10-23(24)26(30)32/h3-15,18H,16-17H2,1-2H3,(H,28,31). The number of aryl methyl sites for hydroxylation is 1. The van der Waals surface area contributed by atoms with Crippen molar-refractivity contribution in [3.8, 4) is 5.69 Å². The maximum absolute atomic E-state index is 13.0. The molecule has 0 bridgehead atoms. The van der Waals surface area contributed by atoms with Gasteiger partial charge in [0.2, 0.25) is 0 Å². The molecule has 0 aliphatic heterocycles. The summed E-state index contributed by atoms with van der Waals surface area (Å²) in [6.45, 7) is 3.75. The van der Waals surface area contributed by atoms with E-state index >= 15 is 0 Å². The summed E-state index contributed by atoms with van der Waals surface area (Å²) in [5, 5.41) is 3.30. The number of nitrogens with one attached hydrogen (secondary N) is 1. The lowest BCUT2D eigenvalue weighted by Crippen LogP contribution is -2.36. The van der Waals surface area contributed by atoms with Crippen LogP contribution in [-0.4, -0.2) is 34.1 Å². The number of hydrogen-bond acceptors (Lipinski definition) is 5. The third-order valence-corrected chi connectivity index (χ3v) is 5.51. The fraction of sp³-hybridized carbons (Fsp3) is 0.185. The van der Waals surface area contributed by atoms with Crippen molar-refractivity contribution < 1.29 is 14.3 Å². The average Bonchev–Trinajstić information content (AvgIpc) is 2.85. The Bertz CT molecular complexity index is 1380. The molecule has 4 rings (SSSR count). The van der Waals surface area contributed by atoms with E-state index in [9.17, 15) is 14.4 Å². The lowest BCUT2D eigenvalue weighted by Gasteiger charge is -2.14. The van der Waals surface area contributed by atoms with Crippen LogP contribution < -0.4 is 10.9 Å². The van der Waals surface area contributed by atoms with Crippen LogP contribution in [0.2, 0.25) is 0 Å². The molecular formula is C27H25N3O4. The van der Waals surface area contributed by atoms with E-state index in [-0.39, 0.29) is 17.0 Å². The van der Waals surface area contributed by atoms with Gasteiger partial charge in [-0.2, -0.15) is 0 Å². The minimum Gasteiger partial charge on any atom is -0.449 e. The zero-order valence-corrected chi connectivity index (χ0v) is 19.0. The van der Waals surface area contributed by atoms with Crippen molar-refractivity contribution in [3.05, 3.63) is 106 Å². The van der Waals surface area contributed by atoms with E-state index in [0.29, 0.717) is 35.4 Å². The van der Waals surface area contributed by atoms with Crippen LogP contribution in [0, 0.1) is 6.92 Å². The minimum absolute atomic E-state index is 0.181. The third-order valence-electron chi connectivity index (χ3n) is 5.51. The number of para-hydroxylation sites is 1. The quantitative estimate of drug-likeness (QED) is 0.430. The van der Waals surface area contributed by atoms with E-state index in [4.69, 9.17) is 4.74 Å². The van der Waals surface area contributed by atoms with Crippen LogP contribution >= 0.6 is 0 Å². The first kappa shape index (κ1) is 22.9. The Morgan fingerprint density at radius 3 is 2.38 bits per heavy atom. The molecular weight excluding hydrogens is 430 g/mol. The minimum atomic E-state index is -0.933. The topological polar surface area (TPSA) is 90.3 Å². The normalized spacial score (nSPS) is 11.7. The number of ether oxygens (including phenoxy) is 1. The van der Waals surface area contributed by atoms with Crippen LogP contribution in [0.15, 0.2) is 83.7 Å². The highest BCUT2D eigenvalue weighted by Crippen LogP contribution is 2.14. The maximum Gasteiger partial charge on any atom is 0.338 e. The van der Waals surface area contributed by atoms with Crippen LogP contribution in [0.4, 0.5) is 0 Å². The molecule has 1 N–H and O–H groups in total. The van der Waals surface area contributed by atoms with Gasteiger partial charge in [0.1, 0.15) is 5.82 Å². The fourth-order valence-electron chi connectivity index (χ4n) is 3.69. The second-order valence-electron chi connectivity index (χ2n) is 7.94. The van der Waals surface area contributed by atoms with E-state index in [1.807, 2.05) is 36.4 Å². The van der Waals surface area contributed by atoms with Gasteiger partial charge in [-0.3, -0.25) is 14.2 Å². The zero-order chi connectivity index (χ0) is 24.1. The van der Waals surface area contributed by atoms with Crippen molar-refractivity contribution in [2.24, 2.45) is 0 Å². The Hall–Kier alpha value is -4.26. The van der Waals surface area contributed by atoms with E-state index in [1.165, 1.54) is 11.5 Å². The maximum atomic E-state index is 13.0. The summed E-state index contributed by atoms with van der Waals surface area (Å²) in [6, 6.07) is 23.4. The smallest absolute Gasteiger partial charge is 0.338 e. The summed E-state index contributed by atoms with van der Waals surface area (Å²) in [7, 11) is 0. The number of carbonyl (C=O) groups is 2. The van der Waals surface area contributed by atoms with Crippen molar-refractivity contribution in [2.45, 2.75) is 26.4 Å². The number of fused-ring (bicyclic) bond motifs is 1. The van der Waals surface area contributed by atoms with Crippen molar-refractivity contribution in [2.75, 3.05) is 6.54 Å². The molecule has 0 saturated carbocycles. The molecule has 0 radical (unpaired) electrons. The first-order chi connectivity index (χ1) is 16.4. The van der Waals surface area contributed by atoms with Crippen LogP contribution in [0.1, 0.15) is 28.7 Å². The first-order valence-corrected chi connectivity index (χ1v) is 11.1. The molecule has 0 spiro atoms. The van der Waals surface area contributed by atoms with Gasteiger partial charge in [0.25, 0.3) is 11.5 Å². The van der Waals surface area contributed by atoms with Crippen molar-refractivity contribution in [3.63, 3.8) is 0 Å². The number of rotatable bonds is 7. The van der Waals surface area contributed by atoms with Crippen LogP contribution in [0.3, 0.4) is 0 Å². The highest BCUT2D eigenvalue weighted by molar-refractivity contribution is 5.92. The summed E-state index contributed by atoms with van der Waals surface area (Å²) in [4.78, 5) is 42.3. The van der Waals surface area contributed by atoms with Gasteiger partial charge < -0.3 is 10.1 Å². The first-order valence-electron chi connectivity index (χ1n) is 11.1. The van der Waals surface area contributed by atoms with Crippen molar-refractivity contribution in [1.29, 1.82) is 0 Å². The second kappa shape index (κ2) is 10.1. The lowest BCUT2D eigenvalue weighted by atomic mass is 10.1. The molecule has 34 heavy (non-hydrogen) atoms. The van der Waals surface area contributed by atoms with Gasteiger partial charge in [0.15, 0.2) is 6.10 Å². The Kier molecular flexibility index (Phi) is 6.82. The summed E-state index contributed by atoms with van der Waals surface area (Å²) in [6.07, 6.45) is -0.241. The van der Waals surface area contributed by atoms with Gasteiger partial charge in [0.05, 0.1) is 22.2 Å². The van der Waals surface area contributed by atoms with Crippen LogP contribution in [-0.2, 0) is 16.0 Å². The molecule has 4 aromatic rings. The Morgan fingerprint density at radius 1 is 0.971 bits per heavy atom. The number of carbonyl (C=O) groups excluding carboxylic acids is 2. The predicted molar refractivity (Wildman–Crippen MR) is 130 cm³/mol. The van der Waals surface area contributed by atoms with E-state index in [2.05, 4.69) is 10.3 Å². The van der Waals surface area contributed by atoms with E-state index in [0.717, 1.165) is 5.56 Å². The fourth-order valence-corrected chi connectivity index (χ4v) is 3.69. The van der Waals surface area contributed by atoms with Gasteiger partial charge in [-0.1, -0.05) is 42.5 Å². The number of hydrogen-bond donors (Lipinski definition) is 1. The predicted octanol–water partition coefficient (Wildman–Crippen LogP) is 3.60. The molecule has 172 valence electrons. The molecule has 0 aliphatic carbocycles. The van der Waals surface area contributed by atoms with Crippen LogP contribution in [0.5, 0.6) is 0 Å². The number of benzene rings is 3. The van der Waals surface area contributed by atoms with Crippen molar-refractivity contribution >= 4 is 22.8 Å². The second-order valence-corrected chi connectivity index (χ2v) is 7.94. The molecule has 1 heterocycles. The summed E-state index contributed by atoms with van der Waals surface area (Å²) >= 11 is 0. The zero-order valence-electron chi connectivity index (χ0n) is 19.0. The van der Waals surface area contributed by atoms with Gasteiger partial charge in [-0.15, -0.1) is 0 Å². The number of amides is 1. The SMILES string of the molecule is Cc1nc2ccccc2c(=O)n1-c1ccc(C(=O)OC(C)C(=O)NCCc2ccccc2)cc1. The van der Waals surface area contributed by atoms with Gasteiger partial charge >= 0.3 is 5.97 Å². The summed E-state index contributed by atoms with van der Waals surface area (Å²) < 4.78 is 6.82. The molecule has 0 aliphatic rings. The largest absolute Gasteiger partial charge is 0.449 e. The molecule has 0 saturated heterocycles. The van der Waals surface area contributed by atoms with E-state index < -0.39 is 12.1 Å². The van der Waals surface area contributed by atoms with Gasteiger partial charge in [0, 0.05) is 6.54 Å². The molecule has 1 atom stereocenters. The number of nitrogens with zero attached hydrogens (tertiary/aromatic N) is 2. The Balaban J connectivity index is 1.40. The third kappa shape index (κ3) is 5.04.